The second-order valence-corrected chi connectivity index (χ2v) is 3.34. The maximum absolute atomic E-state index is 5.54. The van der Waals surface area contributed by atoms with Crippen LogP contribution in [0.2, 0.25) is 4.47 Å². The van der Waals surface area contributed by atoms with E-state index in [0.29, 0.717) is 4.47 Å². The molecule has 0 aliphatic carbocycles. The first kappa shape index (κ1) is 6.96. The van der Waals surface area contributed by atoms with Gasteiger partial charge in [0.2, 0.25) is 4.47 Å². The lowest BCUT2D eigenvalue weighted by molar-refractivity contribution is 0.878. The molecule has 0 spiro atoms. The van der Waals surface area contributed by atoms with Crippen LogP contribution < -0.4 is 0 Å². The molecule has 50 valence electrons. The van der Waals surface area contributed by atoms with Crippen molar-refractivity contribution < 1.29 is 0 Å². The summed E-state index contributed by atoms with van der Waals surface area (Å²) in [5, 5.41) is 8.54. The Morgan fingerprint density at radius 3 is 2.78 bits per heavy atom. The number of hydrogen-bond donors (Lipinski definition) is 0. The fraction of sp³-hybridized carbons (Fsp3) is 0.600. The molecule has 4 heteroatoms. The molecule has 1 aromatic heterocycles. The highest BCUT2D eigenvalue weighted by Crippen LogP contribution is 2.15. The fourth-order valence-electron chi connectivity index (χ4n) is 0.548. The summed E-state index contributed by atoms with van der Waals surface area (Å²) in [6, 6.07) is 0. The molecule has 0 radical (unpaired) electrons. The Morgan fingerprint density at radius 1 is 1.56 bits per heavy atom. The van der Waals surface area contributed by atoms with Crippen molar-refractivity contribution in [2.24, 2.45) is 0 Å². The van der Waals surface area contributed by atoms with Crippen molar-refractivity contribution in [1.29, 1.82) is 0 Å². The summed E-state index contributed by atoms with van der Waals surface area (Å²) in [5.41, 5.74) is 0. The zero-order valence-corrected chi connectivity index (χ0v) is 6.67. The predicted octanol–water partition coefficient (Wildman–Crippen LogP) is 2.14. The van der Waals surface area contributed by atoms with Crippen molar-refractivity contribution in [3.05, 3.63) is 9.47 Å². The van der Waals surface area contributed by atoms with E-state index in [9.17, 15) is 0 Å². The predicted molar refractivity (Wildman–Crippen MR) is 38.9 cm³/mol. The number of nitrogens with zero attached hydrogens (tertiary/aromatic N) is 2. The molecular formula is C5H7ClN2S. The van der Waals surface area contributed by atoms with Crippen LogP contribution in [0.5, 0.6) is 0 Å². The maximum atomic E-state index is 5.54. The average Bonchev–Trinajstić information content (AvgIpc) is 2.17. The van der Waals surface area contributed by atoms with Crippen molar-refractivity contribution in [2.75, 3.05) is 0 Å². The van der Waals surface area contributed by atoms with E-state index < -0.39 is 0 Å². The molecule has 0 aromatic carbocycles. The van der Waals surface area contributed by atoms with E-state index in [1.165, 1.54) is 11.3 Å². The van der Waals surface area contributed by atoms with Gasteiger partial charge in [-0.3, -0.25) is 0 Å². The number of halogens is 1. The lowest BCUT2D eigenvalue weighted by Crippen LogP contribution is -1.79. The first-order valence-electron chi connectivity index (χ1n) is 2.81. The molecule has 0 saturated carbocycles. The van der Waals surface area contributed by atoms with Gasteiger partial charge in [-0.05, 0) is 18.0 Å². The van der Waals surface area contributed by atoms with E-state index in [1.54, 1.807) is 0 Å². The zero-order chi connectivity index (χ0) is 6.69. The quantitative estimate of drug-likeness (QED) is 0.666. The van der Waals surface area contributed by atoms with Crippen LogP contribution in [0, 0.1) is 0 Å². The molecule has 0 saturated heterocycles. The largest absolute Gasteiger partial charge is 0.207 e. The molecule has 0 aliphatic heterocycles. The lowest BCUT2D eigenvalue weighted by Gasteiger charge is -1.82. The van der Waals surface area contributed by atoms with Gasteiger partial charge in [0.15, 0.2) is 0 Å². The highest BCUT2D eigenvalue weighted by atomic mass is 35.5. The van der Waals surface area contributed by atoms with Gasteiger partial charge in [0.05, 0.1) is 0 Å². The van der Waals surface area contributed by atoms with Crippen LogP contribution >= 0.6 is 22.9 Å². The lowest BCUT2D eigenvalue weighted by atomic mass is 10.4. The monoisotopic (exact) mass is 162 g/mol. The molecule has 1 rings (SSSR count). The smallest absolute Gasteiger partial charge is 0.142 e. The third-order valence-electron chi connectivity index (χ3n) is 0.906. The van der Waals surface area contributed by atoms with Crippen LogP contribution in [-0.4, -0.2) is 10.2 Å². The molecule has 0 unspecified atom stereocenters. The molecule has 0 bridgehead atoms. The topological polar surface area (TPSA) is 25.8 Å². The summed E-state index contributed by atoms with van der Waals surface area (Å²) in [4.78, 5) is 0. The number of rotatable bonds is 2. The van der Waals surface area contributed by atoms with Gasteiger partial charge in [0.25, 0.3) is 0 Å². The van der Waals surface area contributed by atoms with Crippen LogP contribution in [0.15, 0.2) is 0 Å². The van der Waals surface area contributed by atoms with Gasteiger partial charge in [-0.15, -0.1) is 10.2 Å². The molecule has 0 atom stereocenters. The summed E-state index contributed by atoms with van der Waals surface area (Å²) in [6.45, 7) is 2.11. The van der Waals surface area contributed by atoms with Crippen molar-refractivity contribution in [3.63, 3.8) is 0 Å². The number of aromatic nitrogens is 2. The normalized spacial score (nSPS) is 10.0. The van der Waals surface area contributed by atoms with Gasteiger partial charge in [-0.1, -0.05) is 18.3 Å². The summed E-state index contributed by atoms with van der Waals surface area (Å²) in [5.74, 6) is 0. The van der Waals surface area contributed by atoms with E-state index in [1.807, 2.05) is 0 Å². The maximum Gasteiger partial charge on any atom is 0.207 e. The summed E-state index contributed by atoms with van der Waals surface area (Å²) >= 11 is 7.00. The highest BCUT2D eigenvalue weighted by molar-refractivity contribution is 7.15. The number of aryl methyl sites for hydroxylation is 1. The second-order valence-electron chi connectivity index (χ2n) is 1.70. The molecule has 0 amide bonds. The van der Waals surface area contributed by atoms with Gasteiger partial charge in [-0.2, -0.15) is 0 Å². The number of hydrogen-bond acceptors (Lipinski definition) is 3. The Hall–Kier alpha value is -0.150. The standard InChI is InChI=1S/C5H7ClN2S/c1-2-3-4-7-8-5(6)9-4/h2-3H2,1H3. The van der Waals surface area contributed by atoms with Crippen molar-refractivity contribution in [3.8, 4) is 0 Å². The van der Waals surface area contributed by atoms with Crippen LogP contribution in [0.3, 0.4) is 0 Å². The Bertz CT molecular complexity index is 187. The van der Waals surface area contributed by atoms with Crippen LogP contribution in [0.1, 0.15) is 18.4 Å². The van der Waals surface area contributed by atoms with Gasteiger partial charge in [0, 0.05) is 6.42 Å². The Labute approximate surface area is 62.9 Å². The van der Waals surface area contributed by atoms with Crippen LogP contribution in [0.4, 0.5) is 0 Å². The molecule has 0 fully saturated rings. The van der Waals surface area contributed by atoms with Crippen molar-refractivity contribution >= 4 is 22.9 Å². The molecule has 0 aliphatic rings. The molecule has 1 heterocycles. The second kappa shape index (κ2) is 3.13. The first-order valence-corrected chi connectivity index (χ1v) is 4.00. The third kappa shape index (κ3) is 1.91. The van der Waals surface area contributed by atoms with E-state index in [0.717, 1.165) is 17.8 Å². The Kier molecular flexibility index (Phi) is 2.42. The average molecular weight is 163 g/mol. The minimum atomic E-state index is 0.540. The SMILES string of the molecule is CCCc1nnc(Cl)s1. The summed E-state index contributed by atoms with van der Waals surface area (Å²) in [6.07, 6.45) is 2.09. The minimum absolute atomic E-state index is 0.540. The molecule has 1 aromatic rings. The van der Waals surface area contributed by atoms with Crippen LogP contribution in [-0.2, 0) is 6.42 Å². The molecule has 9 heavy (non-hydrogen) atoms. The van der Waals surface area contributed by atoms with E-state index >= 15 is 0 Å². The van der Waals surface area contributed by atoms with E-state index in [-0.39, 0.29) is 0 Å². The van der Waals surface area contributed by atoms with Gasteiger partial charge in [0.1, 0.15) is 5.01 Å². The third-order valence-corrected chi connectivity index (χ3v) is 1.98. The highest BCUT2D eigenvalue weighted by Gasteiger charge is 1.97. The zero-order valence-electron chi connectivity index (χ0n) is 5.09. The van der Waals surface area contributed by atoms with Crippen molar-refractivity contribution in [2.45, 2.75) is 19.8 Å². The Balaban J connectivity index is 2.61. The Morgan fingerprint density at radius 2 is 2.33 bits per heavy atom. The molecule has 0 N–H and O–H groups in total. The van der Waals surface area contributed by atoms with E-state index in [4.69, 9.17) is 11.6 Å². The minimum Gasteiger partial charge on any atom is -0.142 e. The van der Waals surface area contributed by atoms with Gasteiger partial charge in [-0.25, -0.2) is 0 Å². The summed E-state index contributed by atoms with van der Waals surface area (Å²) in [7, 11) is 0. The molecular weight excluding hydrogens is 156 g/mol. The van der Waals surface area contributed by atoms with Crippen molar-refractivity contribution in [1.82, 2.24) is 10.2 Å². The first-order chi connectivity index (χ1) is 4.33. The fourth-order valence-corrected chi connectivity index (χ4v) is 1.52. The van der Waals surface area contributed by atoms with E-state index in [2.05, 4.69) is 17.1 Å². The summed E-state index contributed by atoms with van der Waals surface area (Å²) < 4.78 is 0.540. The van der Waals surface area contributed by atoms with Crippen LogP contribution in [0.25, 0.3) is 0 Å². The van der Waals surface area contributed by atoms with Gasteiger partial charge < -0.3 is 0 Å². The van der Waals surface area contributed by atoms with Gasteiger partial charge >= 0.3 is 0 Å². The molecule has 2 nitrogen and oxygen atoms in total.